The second-order valence-corrected chi connectivity index (χ2v) is 4.45. The molecule has 2 N–H and O–H groups in total. The summed E-state index contributed by atoms with van der Waals surface area (Å²) in [5.41, 5.74) is 10.2. The molecule has 1 aliphatic rings. The highest BCUT2D eigenvalue weighted by atomic mass is 16.5. The highest BCUT2D eigenvalue weighted by Gasteiger charge is 2.15. The van der Waals surface area contributed by atoms with Crippen LogP contribution in [0.15, 0.2) is 42.4 Å². The van der Waals surface area contributed by atoms with Crippen LogP contribution in [-0.4, -0.2) is 16.6 Å². The summed E-state index contributed by atoms with van der Waals surface area (Å²) < 4.78 is 5.34. The minimum absolute atomic E-state index is 0.114. The van der Waals surface area contributed by atoms with Crippen LogP contribution in [0.5, 0.6) is 0 Å². The fourth-order valence-corrected chi connectivity index (χ4v) is 2.20. The van der Waals surface area contributed by atoms with Crippen molar-refractivity contribution in [3.63, 3.8) is 0 Å². The van der Waals surface area contributed by atoms with Gasteiger partial charge in [0.05, 0.1) is 29.9 Å². The quantitative estimate of drug-likeness (QED) is 0.876. The Morgan fingerprint density at radius 1 is 1.17 bits per heavy atom. The Morgan fingerprint density at radius 2 is 2.00 bits per heavy atom. The largest absolute Gasteiger partial charge is 0.501 e. The average Bonchev–Trinajstić information content (AvgIpc) is 2.47. The zero-order valence-corrected chi connectivity index (χ0v) is 10.0. The van der Waals surface area contributed by atoms with E-state index in [0.29, 0.717) is 0 Å². The Balaban J connectivity index is 1.96. The molecule has 1 atom stereocenters. The van der Waals surface area contributed by atoms with E-state index in [1.165, 1.54) is 0 Å². The summed E-state index contributed by atoms with van der Waals surface area (Å²) in [4.78, 5) is 8.55. The van der Waals surface area contributed by atoms with Gasteiger partial charge in [-0.2, -0.15) is 0 Å². The van der Waals surface area contributed by atoms with E-state index < -0.39 is 0 Å². The van der Waals surface area contributed by atoms with Crippen molar-refractivity contribution in [3.8, 4) is 0 Å². The number of ether oxygens (including phenoxy) is 1. The molecule has 3 rings (SSSR count). The van der Waals surface area contributed by atoms with Crippen LogP contribution in [0.25, 0.3) is 11.0 Å². The molecule has 18 heavy (non-hydrogen) atoms. The number of benzene rings is 1. The molecule has 2 aromatic rings. The molecule has 0 saturated heterocycles. The molecule has 0 aliphatic carbocycles. The zero-order valence-electron chi connectivity index (χ0n) is 10.0. The lowest BCUT2D eigenvalue weighted by Gasteiger charge is -2.20. The predicted octanol–water partition coefficient (Wildman–Crippen LogP) is 2.32. The molecular formula is C14H15N3O. The highest BCUT2D eigenvalue weighted by molar-refractivity contribution is 5.74. The summed E-state index contributed by atoms with van der Waals surface area (Å²) >= 11 is 0. The minimum Gasteiger partial charge on any atom is -0.501 e. The summed E-state index contributed by atoms with van der Waals surface area (Å²) in [6, 6.07) is 5.86. The predicted molar refractivity (Wildman–Crippen MR) is 69.7 cm³/mol. The fraction of sp³-hybridized carbons (Fsp3) is 0.286. The summed E-state index contributed by atoms with van der Waals surface area (Å²) in [6.07, 6.45) is 7.22. The normalized spacial score (nSPS) is 17.1. The Kier molecular flexibility index (Phi) is 2.94. The van der Waals surface area contributed by atoms with Gasteiger partial charge >= 0.3 is 0 Å². The molecular weight excluding hydrogens is 226 g/mol. The number of hydrogen-bond acceptors (Lipinski definition) is 4. The molecule has 92 valence electrons. The molecule has 1 aromatic carbocycles. The van der Waals surface area contributed by atoms with E-state index in [4.69, 9.17) is 10.5 Å². The number of nitrogens with two attached hydrogens (primary N) is 1. The molecule has 0 amide bonds. The van der Waals surface area contributed by atoms with Crippen molar-refractivity contribution in [1.82, 2.24) is 9.97 Å². The Morgan fingerprint density at radius 3 is 2.78 bits per heavy atom. The van der Waals surface area contributed by atoms with Gasteiger partial charge < -0.3 is 10.5 Å². The van der Waals surface area contributed by atoms with Crippen LogP contribution >= 0.6 is 0 Å². The van der Waals surface area contributed by atoms with Crippen LogP contribution in [-0.2, 0) is 4.74 Å². The third-order valence-electron chi connectivity index (χ3n) is 3.21. The fourth-order valence-electron chi connectivity index (χ4n) is 2.20. The van der Waals surface area contributed by atoms with Crippen LogP contribution in [0.3, 0.4) is 0 Å². The van der Waals surface area contributed by atoms with Crippen molar-refractivity contribution >= 4 is 11.0 Å². The smallest absolute Gasteiger partial charge is 0.0890 e. The van der Waals surface area contributed by atoms with Gasteiger partial charge in [0.1, 0.15) is 0 Å². The van der Waals surface area contributed by atoms with Crippen molar-refractivity contribution in [3.05, 3.63) is 48.0 Å². The average molecular weight is 241 g/mol. The van der Waals surface area contributed by atoms with Crippen LogP contribution < -0.4 is 5.73 Å². The Bertz CT molecular complexity index is 594. The maximum atomic E-state index is 6.26. The van der Waals surface area contributed by atoms with Gasteiger partial charge in [-0.15, -0.1) is 0 Å². The first-order chi connectivity index (χ1) is 8.84. The Labute approximate surface area is 106 Å². The molecule has 2 heterocycles. The lowest BCUT2D eigenvalue weighted by molar-refractivity contribution is 0.221. The first-order valence-corrected chi connectivity index (χ1v) is 6.11. The van der Waals surface area contributed by atoms with Gasteiger partial charge in [-0.25, -0.2) is 0 Å². The molecule has 0 fully saturated rings. The maximum absolute atomic E-state index is 6.26. The van der Waals surface area contributed by atoms with E-state index in [-0.39, 0.29) is 6.04 Å². The molecule has 4 nitrogen and oxygen atoms in total. The standard InChI is InChI=1S/C14H15N3O/c15-14(11-2-1-7-18-9-11)10-3-4-12-13(8-10)17-6-5-16-12/h3-6,8-9,14H,1-2,7,15H2. The van der Waals surface area contributed by atoms with Crippen LogP contribution in [0.2, 0.25) is 0 Å². The van der Waals surface area contributed by atoms with Gasteiger partial charge in [0, 0.05) is 12.4 Å². The van der Waals surface area contributed by atoms with E-state index in [2.05, 4.69) is 9.97 Å². The summed E-state index contributed by atoms with van der Waals surface area (Å²) in [6.45, 7) is 0.791. The summed E-state index contributed by atoms with van der Waals surface area (Å²) in [7, 11) is 0. The molecule has 4 heteroatoms. The second-order valence-electron chi connectivity index (χ2n) is 4.45. The molecule has 0 spiro atoms. The van der Waals surface area contributed by atoms with Crippen molar-refractivity contribution in [1.29, 1.82) is 0 Å². The molecule has 1 aromatic heterocycles. The van der Waals surface area contributed by atoms with E-state index in [9.17, 15) is 0 Å². The lowest BCUT2D eigenvalue weighted by atomic mass is 9.96. The molecule has 1 unspecified atom stereocenters. The van der Waals surface area contributed by atoms with Crippen molar-refractivity contribution in [2.45, 2.75) is 18.9 Å². The van der Waals surface area contributed by atoms with Crippen LogP contribution in [0.4, 0.5) is 0 Å². The Hall–Kier alpha value is -1.94. The molecule has 0 radical (unpaired) electrons. The first kappa shape index (κ1) is 11.2. The zero-order chi connectivity index (χ0) is 12.4. The maximum Gasteiger partial charge on any atom is 0.0890 e. The first-order valence-electron chi connectivity index (χ1n) is 6.11. The van der Waals surface area contributed by atoms with E-state index in [1.807, 2.05) is 18.2 Å². The van der Waals surface area contributed by atoms with E-state index in [0.717, 1.165) is 41.6 Å². The number of nitrogens with zero attached hydrogens (tertiary/aromatic N) is 2. The minimum atomic E-state index is -0.114. The second kappa shape index (κ2) is 4.74. The van der Waals surface area contributed by atoms with Gasteiger partial charge in [0.25, 0.3) is 0 Å². The molecule has 0 saturated carbocycles. The van der Waals surface area contributed by atoms with Gasteiger partial charge in [-0.05, 0) is 36.1 Å². The summed E-state index contributed by atoms with van der Waals surface area (Å²) in [5, 5.41) is 0. The number of aromatic nitrogens is 2. The van der Waals surface area contributed by atoms with Crippen molar-refractivity contribution in [2.75, 3.05) is 6.61 Å². The van der Waals surface area contributed by atoms with Crippen molar-refractivity contribution in [2.24, 2.45) is 5.73 Å². The van der Waals surface area contributed by atoms with Gasteiger partial charge in [0.15, 0.2) is 0 Å². The lowest BCUT2D eigenvalue weighted by Crippen LogP contribution is -2.16. The molecule has 1 aliphatic heterocycles. The van der Waals surface area contributed by atoms with Gasteiger partial charge in [-0.3, -0.25) is 9.97 Å². The third-order valence-corrected chi connectivity index (χ3v) is 3.21. The number of fused-ring (bicyclic) bond motifs is 1. The van der Waals surface area contributed by atoms with E-state index in [1.54, 1.807) is 18.7 Å². The van der Waals surface area contributed by atoms with Crippen molar-refractivity contribution < 1.29 is 4.74 Å². The monoisotopic (exact) mass is 241 g/mol. The highest BCUT2D eigenvalue weighted by Crippen LogP contribution is 2.26. The van der Waals surface area contributed by atoms with Gasteiger partial charge in [-0.1, -0.05) is 6.07 Å². The SMILES string of the molecule is NC(C1=COCCC1)c1ccc2nccnc2c1. The third kappa shape index (κ3) is 2.07. The topological polar surface area (TPSA) is 61.0 Å². The number of rotatable bonds is 2. The van der Waals surface area contributed by atoms with Crippen LogP contribution in [0.1, 0.15) is 24.4 Å². The summed E-state index contributed by atoms with van der Waals surface area (Å²) in [5.74, 6) is 0. The number of hydrogen-bond donors (Lipinski definition) is 1. The van der Waals surface area contributed by atoms with Gasteiger partial charge in [0.2, 0.25) is 0 Å². The van der Waals surface area contributed by atoms with E-state index >= 15 is 0 Å². The molecule has 0 bridgehead atoms. The van der Waals surface area contributed by atoms with Crippen LogP contribution in [0, 0.1) is 0 Å².